The number of para-hydroxylation sites is 1. The molecule has 0 aliphatic heterocycles. The van der Waals surface area contributed by atoms with Gasteiger partial charge in [-0.1, -0.05) is 18.2 Å². The second-order valence-corrected chi connectivity index (χ2v) is 6.35. The van der Waals surface area contributed by atoms with E-state index in [4.69, 9.17) is 0 Å². The summed E-state index contributed by atoms with van der Waals surface area (Å²) < 4.78 is 15.2. The average Bonchev–Trinajstić information content (AvgIpc) is 3.32. The summed E-state index contributed by atoms with van der Waals surface area (Å²) in [4.78, 5) is 4.31. The van der Waals surface area contributed by atoms with Gasteiger partial charge in [0.15, 0.2) is 0 Å². The maximum atomic E-state index is 13.2. The van der Waals surface area contributed by atoms with Crippen LogP contribution in [0.5, 0.6) is 0 Å². The topological polar surface area (TPSA) is 58.5 Å². The Kier molecular flexibility index (Phi) is 4.80. The first kappa shape index (κ1) is 17.2. The largest absolute Gasteiger partial charge is 0.308 e. The second-order valence-electron chi connectivity index (χ2n) is 6.35. The van der Waals surface area contributed by atoms with Gasteiger partial charge < -0.3 is 9.88 Å². The molecule has 0 aliphatic rings. The molecule has 5 nitrogen and oxygen atoms in total. The molecule has 2 aromatic carbocycles. The molecule has 27 heavy (non-hydrogen) atoms. The van der Waals surface area contributed by atoms with Crippen molar-refractivity contribution in [3.05, 3.63) is 89.9 Å². The van der Waals surface area contributed by atoms with E-state index in [2.05, 4.69) is 37.2 Å². The average molecular weight is 361 g/mol. The lowest BCUT2D eigenvalue weighted by molar-refractivity contribution is 0.628. The molecule has 0 unspecified atom stereocenters. The molecular weight excluding hydrogens is 341 g/mol. The lowest BCUT2D eigenvalue weighted by Gasteiger charge is -2.13. The van der Waals surface area contributed by atoms with Crippen molar-refractivity contribution in [3.63, 3.8) is 0 Å². The van der Waals surface area contributed by atoms with Gasteiger partial charge in [0.1, 0.15) is 11.6 Å². The number of imidazole rings is 1. The molecule has 0 saturated carbocycles. The number of aryl methyl sites for hydroxylation is 1. The monoisotopic (exact) mass is 361 g/mol. The Morgan fingerprint density at radius 1 is 1.04 bits per heavy atom. The van der Waals surface area contributed by atoms with Crippen molar-refractivity contribution in [3.8, 4) is 16.9 Å². The van der Waals surface area contributed by atoms with Crippen molar-refractivity contribution in [1.82, 2.24) is 25.1 Å². The Balaban J connectivity index is 1.49. The minimum Gasteiger partial charge on any atom is -0.308 e. The molecule has 4 aromatic rings. The summed E-state index contributed by atoms with van der Waals surface area (Å²) in [6, 6.07) is 14.7. The summed E-state index contributed by atoms with van der Waals surface area (Å²) >= 11 is 0. The fourth-order valence-electron chi connectivity index (χ4n) is 3.17. The number of benzene rings is 2. The fraction of sp³-hybridized carbons (Fsp3) is 0.143. The summed E-state index contributed by atoms with van der Waals surface area (Å²) in [5.74, 6) is 0.709. The van der Waals surface area contributed by atoms with E-state index in [0.29, 0.717) is 13.1 Å². The molecule has 0 fully saturated rings. The highest BCUT2D eigenvalue weighted by Gasteiger charge is 2.09. The van der Waals surface area contributed by atoms with Gasteiger partial charge in [0, 0.05) is 36.6 Å². The molecule has 0 saturated heterocycles. The number of aromatic nitrogens is 4. The normalized spacial score (nSPS) is 11.0. The van der Waals surface area contributed by atoms with Crippen molar-refractivity contribution < 1.29 is 4.39 Å². The van der Waals surface area contributed by atoms with Crippen LogP contribution in [0.15, 0.2) is 67.1 Å². The zero-order valence-electron chi connectivity index (χ0n) is 15.0. The van der Waals surface area contributed by atoms with Crippen molar-refractivity contribution >= 4 is 0 Å². The highest BCUT2D eigenvalue weighted by Crippen LogP contribution is 2.22. The fourth-order valence-corrected chi connectivity index (χ4v) is 3.17. The molecule has 0 atom stereocenters. The first-order chi connectivity index (χ1) is 13.2. The van der Waals surface area contributed by atoms with E-state index in [9.17, 15) is 4.39 Å². The van der Waals surface area contributed by atoms with Crippen LogP contribution in [0, 0.1) is 12.7 Å². The Bertz CT molecular complexity index is 1030. The van der Waals surface area contributed by atoms with Gasteiger partial charge in [0.25, 0.3) is 0 Å². The zero-order valence-corrected chi connectivity index (χ0v) is 15.0. The van der Waals surface area contributed by atoms with Crippen molar-refractivity contribution in [2.75, 3.05) is 0 Å². The van der Waals surface area contributed by atoms with Crippen LogP contribution < -0.4 is 5.32 Å². The summed E-state index contributed by atoms with van der Waals surface area (Å²) in [6.45, 7) is 3.35. The number of nitrogens with one attached hydrogen (secondary N) is 2. The minimum atomic E-state index is -0.246. The Hall–Kier alpha value is -3.25. The number of nitrogens with zero attached hydrogens (tertiary/aromatic N) is 3. The molecule has 2 aromatic heterocycles. The molecule has 0 radical (unpaired) electrons. The number of rotatable bonds is 6. The van der Waals surface area contributed by atoms with E-state index >= 15 is 0 Å². The van der Waals surface area contributed by atoms with Gasteiger partial charge in [-0.05, 0) is 42.8 Å². The van der Waals surface area contributed by atoms with Crippen LogP contribution in [-0.2, 0) is 13.1 Å². The van der Waals surface area contributed by atoms with Gasteiger partial charge in [-0.25, -0.2) is 9.37 Å². The van der Waals surface area contributed by atoms with Crippen LogP contribution in [0.25, 0.3) is 16.9 Å². The van der Waals surface area contributed by atoms with Crippen LogP contribution in [0.4, 0.5) is 4.39 Å². The van der Waals surface area contributed by atoms with Gasteiger partial charge in [-0.2, -0.15) is 5.10 Å². The third-order valence-corrected chi connectivity index (χ3v) is 4.56. The standard InChI is InChI=1S/C21H20FN5/c1-15-24-10-11-27(15)20-5-3-2-4-17(20)12-23-13-18-14-25-26-21(18)16-6-8-19(22)9-7-16/h2-11,14,23H,12-13H2,1H3,(H,25,26). The highest BCUT2D eigenvalue weighted by atomic mass is 19.1. The molecule has 2 heterocycles. The van der Waals surface area contributed by atoms with Crippen LogP contribution in [0.1, 0.15) is 17.0 Å². The zero-order chi connectivity index (χ0) is 18.6. The van der Waals surface area contributed by atoms with Gasteiger partial charge in [-0.15, -0.1) is 0 Å². The highest BCUT2D eigenvalue weighted by molar-refractivity contribution is 5.62. The van der Waals surface area contributed by atoms with Gasteiger partial charge >= 0.3 is 0 Å². The molecule has 4 rings (SSSR count). The smallest absolute Gasteiger partial charge is 0.123 e. The first-order valence-electron chi connectivity index (χ1n) is 8.79. The molecule has 2 N–H and O–H groups in total. The number of hydrogen-bond acceptors (Lipinski definition) is 3. The van der Waals surface area contributed by atoms with Crippen molar-refractivity contribution in [2.45, 2.75) is 20.0 Å². The Morgan fingerprint density at radius 3 is 2.59 bits per heavy atom. The van der Waals surface area contributed by atoms with E-state index in [1.807, 2.05) is 25.3 Å². The molecular formula is C21H20FN5. The first-order valence-corrected chi connectivity index (χ1v) is 8.79. The van der Waals surface area contributed by atoms with E-state index in [0.717, 1.165) is 28.3 Å². The third-order valence-electron chi connectivity index (χ3n) is 4.56. The van der Waals surface area contributed by atoms with Crippen molar-refractivity contribution in [2.24, 2.45) is 0 Å². The Morgan fingerprint density at radius 2 is 1.81 bits per heavy atom. The van der Waals surface area contributed by atoms with Gasteiger partial charge in [-0.3, -0.25) is 5.10 Å². The third kappa shape index (κ3) is 3.66. The molecule has 6 heteroatoms. The van der Waals surface area contributed by atoms with E-state index in [1.54, 1.807) is 24.5 Å². The summed E-state index contributed by atoms with van der Waals surface area (Å²) in [7, 11) is 0. The van der Waals surface area contributed by atoms with E-state index < -0.39 is 0 Å². The predicted molar refractivity (Wildman–Crippen MR) is 103 cm³/mol. The molecule has 0 bridgehead atoms. The number of halogens is 1. The minimum absolute atomic E-state index is 0.246. The number of aromatic amines is 1. The maximum absolute atomic E-state index is 13.2. The second kappa shape index (κ2) is 7.55. The summed E-state index contributed by atoms with van der Waals surface area (Å²) in [6.07, 6.45) is 5.58. The molecule has 0 aliphatic carbocycles. The number of H-pyrrole nitrogens is 1. The van der Waals surface area contributed by atoms with E-state index in [1.165, 1.54) is 17.7 Å². The van der Waals surface area contributed by atoms with E-state index in [-0.39, 0.29) is 5.82 Å². The molecule has 0 spiro atoms. The van der Waals surface area contributed by atoms with Crippen LogP contribution in [-0.4, -0.2) is 19.7 Å². The lowest BCUT2D eigenvalue weighted by atomic mass is 10.1. The van der Waals surface area contributed by atoms with Crippen LogP contribution in [0.3, 0.4) is 0 Å². The molecule has 0 amide bonds. The van der Waals surface area contributed by atoms with Gasteiger partial charge in [0.2, 0.25) is 0 Å². The maximum Gasteiger partial charge on any atom is 0.123 e. The molecule has 136 valence electrons. The lowest BCUT2D eigenvalue weighted by Crippen LogP contribution is -2.15. The number of hydrogen-bond donors (Lipinski definition) is 2. The van der Waals surface area contributed by atoms with Crippen LogP contribution >= 0.6 is 0 Å². The quantitative estimate of drug-likeness (QED) is 0.546. The van der Waals surface area contributed by atoms with Gasteiger partial charge in [0.05, 0.1) is 17.6 Å². The summed E-state index contributed by atoms with van der Waals surface area (Å²) in [5.41, 5.74) is 5.16. The Labute approximate surface area is 156 Å². The van der Waals surface area contributed by atoms with Crippen LogP contribution in [0.2, 0.25) is 0 Å². The van der Waals surface area contributed by atoms with Crippen molar-refractivity contribution in [1.29, 1.82) is 0 Å². The predicted octanol–water partition coefficient (Wildman–Crippen LogP) is 4.00. The summed E-state index contributed by atoms with van der Waals surface area (Å²) in [5, 5.41) is 10.6. The SMILES string of the molecule is Cc1nccn1-c1ccccc1CNCc1cn[nH]c1-c1ccc(F)cc1.